The van der Waals surface area contributed by atoms with E-state index in [-0.39, 0.29) is 11.9 Å². The van der Waals surface area contributed by atoms with Gasteiger partial charge in [-0.05, 0) is 25.5 Å². The molecule has 88 valence electrons. The second kappa shape index (κ2) is 4.89. The van der Waals surface area contributed by atoms with Gasteiger partial charge in [-0.1, -0.05) is 11.6 Å². The molecular formula is C11H16ClN3O. The van der Waals surface area contributed by atoms with Gasteiger partial charge in [0.15, 0.2) is 0 Å². The summed E-state index contributed by atoms with van der Waals surface area (Å²) in [5, 5.41) is 6.86. The molecule has 0 bridgehead atoms. The van der Waals surface area contributed by atoms with Crippen molar-refractivity contribution in [3.8, 4) is 0 Å². The average Bonchev–Trinajstić information content (AvgIpc) is 2.59. The number of nitrogens with zero attached hydrogens (tertiary/aromatic N) is 1. The van der Waals surface area contributed by atoms with Crippen LogP contribution in [0.3, 0.4) is 0 Å². The molecule has 1 fully saturated rings. The zero-order valence-electron chi connectivity index (χ0n) is 9.29. The van der Waals surface area contributed by atoms with Crippen molar-refractivity contribution in [2.24, 2.45) is 7.05 Å². The molecular weight excluding hydrogens is 226 g/mol. The second-order valence-corrected chi connectivity index (χ2v) is 4.61. The first kappa shape index (κ1) is 11.5. The Morgan fingerprint density at radius 1 is 1.69 bits per heavy atom. The molecule has 2 N–H and O–H groups in total. The van der Waals surface area contributed by atoms with Gasteiger partial charge in [0.2, 0.25) is 0 Å². The van der Waals surface area contributed by atoms with Crippen LogP contribution in [0.2, 0.25) is 5.02 Å². The third kappa shape index (κ3) is 2.57. The van der Waals surface area contributed by atoms with Crippen LogP contribution in [0.15, 0.2) is 12.3 Å². The van der Waals surface area contributed by atoms with Crippen LogP contribution in [-0.4, -0.2) is 29.6 Å². The predicted molar refractivity (Wildman–Crippen MR) is 63.8 cm³/mol. The Hall–Kier alpha value is -1.00. The van der Waals surface area contributed by atoms with Crippen molar-refractivity contribution in [3.63, 3.8) is 0 Å². The van der Waals surface area contributed by atoms with Gasteiger partial charge in [-0.25, -0.2) is 0 Å². The van der Waals surface area contributed by atoms with E-state index in [1.807, 2.05) is 7.05 Å². The fourth-order valence-corrected chi connectivity index (χ4v) is 2.23. The van der Waals surface area contributed by atoms with Crippen LogP contribution in [0.25, 0.3) is 0 Å². The van der Waals surface area contributed by atoms with Crippen LogP contribution in [0.4, 0.5) is 0 Å². The van der Waals surface area contributed by atoms with E-state index < -0.39 is 0 Å². The van der Waals surface area contributed by atoms with Crippen molar-refractivity contribution >= 4 is 17.5 Å². The number of carbonyl (C=O) groups is 1. The highest BCUT2D eigenvalue weighted by Crippen LogP contribution is 2.13. The molecule has 2 rings (SSSR count). The number of hydrogen-bond acceptors (Lipinski definition) is 2. The molecule has 0 aromatic carbocycles. The second-order valence-electron chi connectivity index (χ2n) is 4.17. The zero-order chi connectivity index (χ0) is 11.5. The van der Waals surface area contributed by atoms with Crippen molar-refractivity contribution in [3.05, 3.63) is 23.0 Å². The number of aromatic nitrogens is 1. The number of rotatable bonds is 2. The quantitative estimate of drug-likeness (QED) is 0.816. The van der Waals surface area contributed by atoms with Crippen LogP contribution in [0.1, 0.15) is 23.3 Å². The lowest BCUT2D eigenvalue weighted by Gasteiger charge is -2.23. The molecule has 0 aliphatic carbocycles. The fraction of sp³-hybridized carbons (Fsp3) is 0.545. The Kier molecular flexibility index (Phi) is 3.51. The van der Waals surface area contributed by atoms with Gasteiger partial charge in [0.05, 0.1) is 5.02 Å². The normalized spacial score (nSPS) is 20.8. The summed E-state index contributed by atoms with van der Waals surface area (Å²) >= 11 is 5.84. The number of aryl methyl sites for hydroxylation is 1. The minimum atomic E-state index is -0.0527. The van der Waals surface area contributed by atoms with Crippen LogP contribution >= 0.6 is 11.6 Å². The summed E-state index contributed by atoms with van der Waals surface area (Å²) in [5.41, 5.74) is 0.607. The summed E-state index contributed by atoms with van der Waals surface area (Å²) in [4.78, 5) is 11.9. The van der Waals surface area contributed by atoms with E-state index in [0.29, 0.717) is 10.7 Å². The van der Waals surface area contributed by atoms with Gasteiger partial charge in [-0.2, -0.15) is 0 Å². The molecule has 1 saturated heterocycles. The lowest BCUT2D eigenvalue weighted by molar-refractivity contribution is 0.0922. The molecule has 0 unspecified atom stereocenters. The summed E-state index contributed by atoms with van der Waals surface area (Å²) in [6.45, 7) is 1.90. The lowest BCUT2D eigenvalue weighted by Crippen LogP contribution is -2.45. The highest BCUT2D eigenvalue weighted by molar-refractivity contribution is 6.31. The van der Waals surface area contributed by atoms with E-state index in [0.717, 1.165) is 25.9 Å². The summed E-state index contributed by atoms with van der Waals surface area (Å²) < 4.78 is 1.74. The zero-order valence-corrected chi connectivity index (χ0v) is 10.0. The fourth-order valence-electron chi connectivity index (χ4n) is 1.98. The number of amides is 1. The van der Waals surface area contributed by atoms with Crippen LogP contribution in [0.5, 0.6) is 0 Å². The molecule has 5 heteroatoms. The third-order valence-corrected chi connectivity index (χ3v) is 3.04. The molecule has 1 aromatic rings. The maximum Gasteiger partial charge on any atom is 0.268 e. The summed E-state index contributed by atoms with van der Waals surface area (Å²) in [6.07, 6.45) is 3.88. The number of halogens is 1. The largest absolute Gasteiger partial charge is 0.347 e. The van der Waals surface area contributed by atoms with E-state index in [9.17, 15) is 4.79 Å². The molecule has 1 aliphatic rings. The van der Waals surface area contributed by atoms with Crippen LogP contribution in [-0.2, 0) is 7.05 Å². The highest BCUT2D eigenvalue weighted by Gasteiger charge is 2.18. The Bertz CT molecular complexity index is 383. The first-order valence-corrected chi connectivity index (χ1v) is 5.88. The number of piperidine rings is 1. The molecule has 0 saturated carbocycles. The summed E-state index contributed by atoms with van der Waals surface area (Å²) in [5.74, 6) is -0.0527. The van der Waals surface area contributed by atoms with Crippen LogP contribution in [0, 0.1) is 0 Å². The van der Waals surface area contributed by atoms with E-state index in [4.69, 9.17) is 11.6 Å². The molecule has 0 radical (unpaired) electrons. The molecule has 4 nitrogen and oxygen atoms in total. The number of hydrogen-bond donors (Lipinski definition) is 2. The summed E-state index contributed by atoms with van der Waals surface area (Å²) in [7, 11) is 1.82. The van der Waals surface area contributed by atoms with E-state index >= 15 is 0 Å². The van der Waals surface area contributed by atoms with Gasteiger partial charge in [-0.3, -0.25) is 4.79 Å². The first-order chi connectivity index (χ1) is 7.66. The number of nitrogens with one attached hydrogen (secondary N) is 2. The van der Waals surface area contributed by atoms with Gasteiger partial charge in [0.1, 0.15) is 5.69 Å². The van der Waals surface area contributed by atoms with Crippen molar-refractivity contribution in [2.75, 3.05) is 13.1 Å². The maximum atomic E-state index is 11.9. The lowest BCUT2D eigenvalue weighted by atomic mass is 10.1. The average molecular weight is 242 g/mol. The van der Waals surface area contributed by atoms with E-state index in [1.54, 1.807) is 16.8 Å². The minimum Gasteiger partial charge on any atom is -0.347 e. The maximum absolute atomic E-state index is 11.9. The Morgan fingerprint density at radius 3 is 3.06 bits per heavy atom. The van der Waals surface area contributed by atoms with Crippen molar-refractivity contribution < 1.29 is 4.79 Å². The van der Waals surface area contributed by atoms with Crippen LogP contribution < -0.4 is 10.6 Å². The van der Waals surface area contributed by atoms with Gasteiger partial charge in [-0.15, -0.1) is 0 Å². The smallest absolute Gasteiger partial charge is 0.268 e. The van der Waals surface area contributed by atoms with Crippen molar-refractivity contribution in [1.82, 2.24) is 15.2 Å². The van der Waals surface area contributed by atoms with Gasteiger partial charge >= 0.3 is 0 Å². The number of carbonyl (C=O) groups excluding carboxylic acids is 1. The Morgan fingerprint density at radius 2 is 2.50 bits per heavy atom. The summed E-state index contributed by atoms with van der Waals surface area (Å²) in [6, 6.07) is 1.92. The van der Waals surface area contributed by atoms with Crippen molar-refractivity contribution in [2.45, 2.75) is 18.9 Å². The topological polar surface area (TPSA) is 46.1 Å². The predicted octanol–water partition coefficient (Wildman–Crippen LogP) is 1.16. The van der Waals surface area contributed by atoms with E-state index in [1.165, 1.54) is 0 Å². The molecule has 16 heavy (non-hydrogen) atoms. The molecule has 0 spiro atoms. The Labute approximate surface area is 100.0 Å². The first-order valence-electron chi connectivity index (χ1n) is 5.50. The monoisotopic (exact) mass is 241 g/mol. The van der Waals surface area contributed by atoms with Gasteiger partial charge < -0.3 is 15.2 Å². The SMILES string of the molecule is Cn1cc(Cl)cc1C(=O)N[C@H]1CCCNC1. The minimum absolute atomic E-state index is 0.0527. The molecule has 1 aliphatic heterocycles. The highest BCUT2D eigenvalue weighted by atomic mass is 35.5. The van der Waals surface area contributed by atoms with Gasteiger partial charge in [0.25, 0.3) is 5.91 Å². The molecule has 1 atom stereocenters. The standard InChI is InChI=1S/C11H16ClN3O/c1-15-7-8(12)5-10(15)11(16)14-9-3-2-4-13-6-9/h5,7,9,13H,2-4,6H2,1H3,(H,14,16)/t9-/m0/s1. The molecule has 2 heterocycles. The van der Waals surface area contributed by atoms with Crippen molar-refractivity contribution in [1.29, 1.82) is 0 Å². The molecule has 1 amide bonds. The third-order valence-electron chi connectivity index (χ3n) is 2.84. The van der Waals surface area contributed by atoms with Gasteiger partial charge in [0, 0.05) is 25.8 Å². The Balaban J connectivity index is 1.99. The molecule has 1 aromatic heterocycles. The van der Waals surface area contributed by atoms with E-state index in [2.05, 4.69) is 10.6 Å².